The van der Waals surface area contributed by atoms with Crippen molar-refractivity contribution in [1.29, 1.82) is 0 Å². The van der Waals surface area contributed by atoms with Gasteiger partial charge in [0, 0.05) is 16.5 Å². The van der Waals surface area contributed by atoms with Gasteiger partial charge in [0.1, 0.15) is 12.3 Å². The van der Waals surface area contributed by atoms with Crippen LogP contribution in [0, 0.1) is 0 Å². The smallest absolute Gasteiger partial charge is 0.373 e. The van der Waals surface area contributed by atoms with Gasteiger partial charge in [-0.05, 0) is 36.6 Å². The van der Waals surface area contributed by atoms with E-state index in [9.17, 15) is 9.59 Å². The summed E-state index contributed by atoms with van der Waals surface area (Å²) in [4.78, 5) is 24.7. The molecule has 3 rings (SSSR count). The van der Waals surface area contributed by atoms with Crippen molar-refractivity contribution in [3.05, 3.63) is 70.4 Å². The van der Waals surface area contributed by atoms with E-state index in [1.165, 1.54) is 23.9 Å². The summed E-state index contributed by atoms with van der Waals surface area (Å²) in [5, 5.41) is 4.39. The second-order valence-corrected chi connectivity index (χ2v) is 6.08. The molecule has 2 heterocycles. The number of hydrogen-bond donors (Lipinski definition) is 0. The summed E-state index contributed by atoms with van der Waals surface area (Å²) in [7, 11) is 1.28. The van der Waals surface area contributed by atoms with E-state index in [2.05, 4.69) is 9.84 Å². The van der Waals surface area contributed by atoms with Gasteiger partial charge in [-0.15, -0.1) is 11.8 Å². The molecule has 0 bridgehead atoms. The highest BCUT2D eigenvalue weighted by molar-refractivity contribution is 7.98. The number of rotatable bonds is 5. The summed E-state index contributed by atoms with van der Waals surface area (Å²) in [6.45, 7) is 0.132. The second-order valence-electron chi connectivity index (χ2n) is 5.20. The van der Waals surface area contributed by atoms with Gasteiger partial charge in [-0.3, -0.25) is 4.79 Å². The van der Waals surface area contributed by atoms with Crippen molar-refractivity contribution in [3.8, 4) is 11.3 Å². The van der Waals surface area contributed by atoms with Crippen LogP contribution in [0.2, 0.25) is 0 Å². The second kappa shape index (κ2) is 7.40. The zero-order valence-electron chi connectivity index (χ0n) is 13.8. The molecule has 128 valence electrons. The molecular formula is C18H16N2O4S. The van der Waals surface area contributed by atoms with Crippen LogP contribution in [0.3, 0.4) is 0 Å². The lowest BCUT2D eigenvalue weighted by molar-refractivity contribution is 0.0562. The van der Waals surface area contributed by atoms with Gasteiger partial charge in [-0.1, -0.05) is 12.1 Å². The highest BCUT2D eigenvalue weighted by Crippen LogP contribution is 2.21. The van der Waals surface area contributed by atoms with Gasteiger partial charge in [0.25, 0.3) is 5.56 Å². The quantitative estimate of drug-likeness (QED) is 0.517. The van der Waals surface area contributed by atoms with Crippen molar-refractivity contribution in [3.63, 3.8) is 0 Å². The fourth-order valence-corrected chi connectivity index (χ4v) is 2.71. The van der Waals surface area contributed by atoms with Crippen molar-refractivity contribution < 1.29 is 13.9 Å². The van der Waals surface area contributed by atoms with Crippen LogP contribution >= 0.6 is 11.8 Å². The molecule has 0 saturated carbocycles. The lowest BCUT2D eigenvalue weighted by Gasteiger charge is -2.06. The monoisotopic (exact) mass is 356 g/mol. The van der Waals surface area contributed by atoms with Gasteiger partial charge in [0.05, 0.1) is 12.8 Å². The molecule has 0 atom stereocenters. The largest absolute Gasteiger partial charge is 0.463 e. The molecule has 1 aromatic carbocycles. The highest BCUT2D eigenvalue weighted by Gasteiger charge is 2.12. The zero-order chi connectivity index (χ0) is 17.8. The molecule has 3 aromatic rings. The van der Waals surface area contributed by atoms with Gasteiger partial charge in [-0.2, -0.15) is 5.10 Å². The number of furan rings is 1. The molecule has 0 fully saturated rings. The van der Waals surface area contributed by atoms with Gasteiger partial charge in [0.2, 0.25) is 5.76 Å². The van der Waals surface area contributed by atoms with E-state index in [0.29, 0.717) is 11.5 Å². The maximum Gasteiger partial charge on any atom is 0.373 e. The minimum atomic E-state index is -0.561. The molecule has 0 N–H and O–H groups in total. The summed E-state index contributed by atoms with van der Waals surface area (Å²) < 4.78 is 11.3. The van der Waals surface area contributed by atoms with Crippen LogP contribution in [0.1, 0.15) is 16.3 Å². The van der Waals surface area contributed by atoms with Gasteiger partial charge < -0.3 is 9.15 Å². The predicted molar refractivity (Wildman–Crippen MR) is 94.9 cm³/mol. The van der Waals surface area contributed by atoms with E-state index >= 15 is 0 Å². The Bertz CT molecular complexity index is 944. The van der Waals surface area contributed by atoms with E-state index in [1.807, 2.05) is 30.5 Å². The fourth-order valence-electron chi connectivity index (χ4n) is 2.30. The van der Waals surface area contributed by atoms with E-state index in [-0.39, 0.29) is 17.9 Å². The van der Waals surface area contributed by atoms with Crippen molar-refractivity contribution >= 4 is 17.7 Å². The topological polar surface area (TPSA) is 74.3 Å². The minimum Gasteiger partial charge on any atom is -0.463 e. The Hall–Kier alpha value is -2.80. The van der Waals surface area contributed by atoms with Gasteiger partial charge in [0.15, 0.2) is 0 Å². The minimum absolute atomic E-state index is 0.0920. The predicted octanol–water partition coefficient (Wildman–Crippen LogP) is 3.06. The van der Waals surface area contributed by atoms with Crippen molar-refractivity contribution in [2.24, 2.45) is 0 Å². The molecule has 0 unspecified atom stereocenters. The number of thioether (sulfide) groups is 1. The number of carbonyl (C=O) groups excluding carboxylic acids is 1. The number of methoxy groups -OCH3 is 1. The number of ether oxygens (including phenoxy) is 1. The van der Waals surface area contributed by atoms with Crippen molar-refractivity contribution in [2.45, 2.75) is 11.4 Å². The van der Waals surface area contributed by atoms with E-state index in [4.69, 9.17) is 4.42 Å². The van der Waals surface area contributed by atoms with E-state index in [1.54, 1.807) is 23.9 Å². The Kier molecular flexibility index (Phi) is 5.04. The number of carbonyl (C=O) groups is 1. The molecule has 0 aliphatic rings. The summed E-state index contributed by atoms with van der Waals surface area (Å²) >= 11 is 1.66. The van der Waals surface area contributed by atoms with Gasteiger partial charge >= 0.3 is 5.97 Å². The molecule has 2 aromatic heterocycles. The van der Waals surface area contributed by atoms with Gasteiger partial charge in [-0.25, -0.2) is 9.48 Å². The van der Waals surface area contributed by atoms with Crippen LogP contribution in [0.15, 0.2) is 62.6 Å². The maximum atomic E-state index is 12.1. The SMILES string of the molecule is COC(=O)c1ccc(Cn2nc(-c3ccc(SC)cc3)ccc2=O)o1. The zero-order valence-corrected chi connectivity index (χ0v) is 14.6. The molecule has 0 aliphatic carbocycles. The first-order valence-electron chi connectivity index (χ1n) is 7.50. The van der Waals surface area contributed by atoms with E-state index in [0.717, 1.165) is 10.5 Å². The number of nitrogens with zero attached hydrogens (tertiary/aromatic N) is 2. The molecule has 0 spiro atoms. The van der Waals surface area contributed by atoms with Crippen LogP contribution in [0.4, 0.5) is 0 Å². The lowest BCUT2D eigenvalue weighted by Crippen LogP contribution is -2.22. The Labute approximate surface area is 148 Å². The van der Waals surface area contributed by atoms with E-state index < -0.39 is 5.97 Å². The fraction of sp³-hybridized carbons (Fsp3) is 0.167. The third-order valence-electron chi connectivity index (χ3n) is 3.61. The lowest BCUT2D eigenvalue weighted by atomic mass is 10.1. The molecule has 0 aliphatic heterocycles. The number of aromatic nitrogens is 2. The van der Waals surface area contributed by atoms with Crippen LogP contribution in [-0.4, -0.2) is 29.1 Å². The number of benzene rings is 1. The summed E-state index contributed by atoms with van der Waals surface area (Å²) in [6.07, 6.45) is 2.01. The third-order valence-corrected chi connectivity index (χ3v) is 4.35. The third kappa shape index (κ3) is 3.83. The number of hydrogen-bond acceptors (Lipinski definition) is 6. The van der Waals surface area contributed by atoms with Crippen LogP contribution in [0.25, 0.3) is 11.3 Å². The molecule has 0 radical (unpaired) electrons. The highest BCUT2D eigenvalue weighted by atomic mass is 32.2. The molecule has 6 nitrogen and oxygen atoms in total. The maximum absolute atomic E-state index is 12.1. The number of esters is 1. The van der Waals surface area contributed by atoms with Crippen LogP contribution in [0.5, 0.6) is 0 Å². The van der Waals surface area contributed by atoms with Crippen molar-refractivity contribution in [1.82, 2.24) is 9.78 Å². The Balaban J connectivity index is 1.87. The first kappa shape index (κ1) is 17.0. The van der Waals surface area contributed by atoms with Crippen LogP contribution in [-0.2, 0) is 11.3 Å². The van der Waals surface area contributed by atoms with Crippen molar-refractivity contribution in [2.75, 3.05) is 13.4 Å². The average Bonchev–Trinajstić information content (AvgIpc) is 3.11. The molecule has 7 heteroatoms. The normalized spacial score (nSPS) is 10.6. The Morgan fingerprint density at radius 3 is 2.60 bits per heavy atom. The Morgan fingerprint density at radius 2 is 1.92 bits per heavy atom. The molecule has 0 saturated heterocycles. The molecule has 0 amide bonds. The molecule has 25 heavy (non-hydrogen) atoms. The van der Waals surface area contributed by atoms with Crippen LogP contribution < -0.4 is 5.56 Å². The summed E-state index contributed by atoms with van der Waals surface area (Å²) in [5.74, 6) is -0.0200. The first-order valence-corrected chi connectivity index (χ1v) is 8.73. The average molecular weight is 356 g/mol. The molecular weight excluding hydrogens is 340 g/mol. The standard InChI is InChI=1S/C18H16N2O4S/c1-23-18(22)16-9-5-13(24-16)11-20-17(21)10-8-15(19-20)12-3-6-14(25-2)7-4-12/h3-10H,11H2,1-2H3. The first-order chi connectivity index (χ1) is 12.1. The summed E-state index contributed by atoms with van der Waals surface area (Å²) in [5.41, 5.74) is 1.36. The Morgan fingerprint density at radius 1 is 1.16 bits per heavy atom. The summed E-state index contributed by atoms with van der Waals surface area (Å²) in [6, 6.07) is 14.2.